The molecule has 1 fully saturated rings. The Hall–Kier alpha value is -0.310. The molecule has 0 radical (unpaired) electrons. The van der Waals surface area contributed by atoms with E-state index < -0.39 is 0 Å². The molecule has 1 saturated carbocycles. The zero-order valence-electron chi connectivity index (χ0n) is 7.89. The predicted octanol–water partition coefficient (Wildman–Crippen LogP) is 1.79. The molecule has 0 unspecified atom stereocenters. The summed E-state index contributed by atoms with van der Waals surface area (Å²) in [5.74, 6) is 0. The van der Waals surface area contributed by atoms with Crippen molar-refractivity contribution in [2.24, 2.45) is 11.1 Å². The quantitative estimate of drug-likeness (QED) is 0.613. The van der Waals surface area contributed by atoms with Gasteiger partial charge in [0.1, 0.15) is 0 Å². The Morgan fingerprint density at radius 1 is 1.42 bits per heavy atom. The number of nitrogens with one attached hydrogen (secondary N) is 1. The second-order valence-electron chi connectivity index (χ2n) is 4.45. The second-order valence-corrected chi connectivity index (χ2v) is 4.89. The van der Waals surface area contributed by atoms with Gasteiger partial charge in [0.25, 0.3) is 0 Å². The lowest BCUT2D eigenvalue weighted by Gasteiger charge is -2.34. The summed E-state index contributed by atoms with van der Waals surface area (Å²) in [6.07, 6.45) is 4.94. The smallest absolute Gasteiger partial charge is 0.163 e. The molecule has 0 aromatic rings. The van der Waals surface area contributed by atoms with Gasteiger partial charge in [0.2, 0.25) is 0 Å². The first kappa shape index (κ1) is 9.78. The molecule has 0 atom stereocenters. The maximum atomic E-state index is 5.41. The summed E-state index contributed by atoms with van der Waals surface area (Å²) in [7, 11) is 0. The summed E-state index contributed by atoms with van der Waals surface area (Å²) in [4.78, 5) is 0. The lowest BCUT2D eigenvalue weighted by molar-refractivity contribution is 0.217. The molecule has 0 heterocycles. The lowest BCUT2D eigenvalue weighted by Crippen LogP contribution is -2.41. The molecule has 0 aliphatic heterocycles. The van der Waals surface area contributed by atoms with E-state index in [0.717, 1.165) is 0 Å². The van der Waals surface area contributed by atoms with Crippen molar-refractivity contribution in [2.45, 2.75) is 45.6 Å². The zero-order valence-corrected chi connectivity index (χ0v) is 8.71. The highest BCUT2D eigenvalue weighted by atomic mass is 32.1. The first-order valence-electron chi connectivity index (χ1n) is 4.56. The van der Waals surface area contributed by atoms with Crippen LogP contribution in [0.25, 0.3) is 0 Å². The number of rotatable bonds is 1. The summed E-state index contributed by atoms with van der Waals surface area (Å²) in [6.45, 7) is 4.65. The SMILES string of the molecule is CC1(C)CCC(NC(N)=S)CC1. The van der Waals surface area contributed by atoms with Gasteiger partial charge >= 0.3 is 0 Å². The van der Waals surface area contributed by atoms with E-state index in [0.29, 0.717) is 16.6 Å². The van der Waals surface area contributed by atoms with Crippen molar-refractivity contribution >= 4 is 17.3 Å². The number of hydrogen-bond donors (Lipinski definition) is 2. The number of thiocarbonyl (C=S) groups is 1. The Kier molecular flexibility index (Phi) is 2.94. The van der Waals surface area contributed by atoms with Crippen LogP contribution in [-0.4, -0.2) is 11.2 Å². The molecule has 2 nitrogen and oxygen atoms in total. The summed E-state index contributed by atoms with van der Waals surface area (Å²) < 4.78 is 0. The van der Waals surface area contributed by atoms with Crippen LogP contribution in [0, 0.1) is 5.41 Å². The van der Waals surface area contributed by atoms with Crippen molar-refractivity contribution < 1.29 is 0 Å². The maximum Gasteiger partial charge on any atom is 0.163 e. The minimum absolute atomic E-state index is 0.444. The molecule has 3 heteroatoms. The van der Waals surface area contributed by atoms with Gasteiger partial charge in [-0.15, -0.1) is 0 Å². The number of hydrogen-bond acceptors (Lipinski definition) is 1. The average Bonchev–Trinajstić information content (AvgIpc) is 1.93. The molecule has 0 aromatic heterocycles. The van der Waals surface area contributed by atoms with Gasteiger partial charge in [-0.1, -0.05) is 13.8 Å². The third-order valence-corrected chi connectivity index (χ3v) is 2.80. The van der Waals surface area contributed by atoms with Gasteiger partial charge in [-0.05, 0) is 43.3 Å². The van der Waals surface area contributed by atoms with E-state index in [1.54, 1.807) is 0 Å². The summed E-state index contributed by atoms with van der Waals surface area (Å²) in [6, 6.07) is 0.524. The molecular weight excluding hydrogens is 168 g/mol. The molecule has 0 aromatic carbocycles. The lowest BCUT2D eigenvalue weighted by atomic mass is 9.76. The predicted molar refractivity (Wildman–Crippen MR) is 56.0 cm³/mol. The van der Waals surface area contributed by atoms with Crippen LogP contribution in [-0.2, 0) is 0 Å². The molecule has 3 N–H and O–H groups in total. The van der Waals surface area contributed by atoms with E-state index in [-0.39, 0.29) is 0 Å². The van der Waals surface area contributed by atoms with Crippen molar-refractivity contribution in [1.29, 1.82) is 0 Å². The fourth-order valence-electron chi connectivity index (χ4n) is 1.74. The summed E-state index contributed by atoms with van der Waals surface area (Å²) in [5, 5.41) is 3.57. The van der Waals surface area contributed by atoms with Crippen molar-refractivity contribution in [1.82, 2.24) is 5.32 Å². The molecule has 1 aliphatic carbocycles. The van der Waals surface area contributed by atoms with Crippen LogP contribution in [0.1, 0.15) is 39.5 Å². The van der Waals surface area contributed by atoms with Crippen molar-refractivity contribution in [2.75, 3.05) is 0 Å². The van der Waals surface area contributed by atoms with Crippen LogP contribution in [0.3, 0.4) is 0 Å². The zero-order chi connectivity index (χ0) is 9.19. The Labute approximate surface area is 79.9 Å². The molecule has 0 bridgehead atoms. The first-order valence-corrected chi connectivity index (χ1v) is 4.96. The van der Waals surface area contributed by atoms with Crippen LogP contribution in [0.2, 0.25) is 0 Å². The van der Waals surface area contributed by atoms with Crippen LogP contribution < -0.4 is 11.1 Å². The molecular formula is C9H18N2S. The molecule has 0 saturated heterocycles. The third-order valence-electron chi connectivity index (χ3n) is 2.69. The van der Waals surface area contributed by atoms with Crippen molar-refractivity contribution in [3.8, 4) is 0 Å². The van der Waals surface area contributed by atoms with Gasteiger partial charge in [0.05, 0.1) is 0 Å². The first-order chi connectivity index (χ1) is 5.49. The molecule has 1 rings (SSSR count). The van der Waals surface area contributed by atoms with E-state index >= 15 is 0 Å². The van der Waals surface area contributed by atoms with Gasteiger partial charge in [0.15, 0.2) is 5.11 Å². The fourth-order valence-corrected chi connectivity index (χ4v) is 1.91. The molecule has 1 aliphatic rings. The normalized spacial score (nSPS) is 23.5. The van der Waals surface area contributed by atoms with E-state index in [4.69, 9.17) is 18.0 Å². The minimum Gasteiger partial charge on any atom is -0.376 e. The summed E-state index contributed by atoms with van der Waals surface area (Å²) >= 11 is 4.80. The standard InChI is InChI=1S/C9H18N2S/c1-9(2)5-3-7(4-6-9)11-8(10)12/h7H,3-6H2,1-2H3,(H3,10,11,12). The number of nitrogens with two attached hydrogens (primary N) is 1. The third kappa shape index (κ3) is 2.97. The minimum atomic E-state index is 0.444. The fraction of sp³-hybridized carbons (Fsp3) is 0.889. The van der Waals surface area contributed by atoms with E-state index in [2.05, 4.69) is 19.2 Å². The highest BCUT2D eigenvalue weighted by molar-refractivity contribution is 7.80. The molecule has 12 heavy (non-hydrogen) atoms. The Bertz CT molecular complexity index is 167. The van der Waals surface area contributed by atoms with Crippen LogP contribution in [0.4, 0.5) is 0 Å². The van der Waals surface area contributed by atoms with Crippen LogP contribution in [0.5, 0.6) is 0 Å². The highest BCUT2D eigenvalue weighted by Gasteiger charge is 2.26. The molecule has 0 spiro atoms. The van der Waals surface area contributed by atoms with Crippen LogP contribution >= 0.6 is 12.2 Å². The summed E-state index contributed by atoms with van der Waals surface area (Å²) in [5.41, 5.74) is 5.93. The van der Waals surface area contributed by atoms with Crippen molar-refractivity contribution in [3.63, 3.8) is 0 Å². The van der Waals surface area contributed by atoms with Crippen LogP contribution in [0.15, 0.2) is 0 Å². The second kappa shape index (κ2) is 3.60. The van der Waals surface area contributed by atoms with Gasteiger partial charge in [-0.25, -0.2) is 0 Å². The van der Waals surface area contributed by atoms with Crippen molar-refractivity contribution in [3.05, 3.63) is 0 Å². The van der Waals surface area contributed by atoms with Gasteiger partial charge in [-0.2, -0.15) is 0 Å². The van der Waals surface area contributed by atoms with Gasteiger partial charge in [0, 0.05) is 6.04 Å². The molecule has 70 valence electrons. The topological polar surface area (TPSA) is 38.0 Å². The highest BCUT2D eigenvalue weighted by Crippen LogP contribution is 2.34. The molecule has 0 amide bonds. The monoisotopic (exact) mass is 186 g/mol. The van der Waals surface area contributed by atoms with E-state index in [9.17, 15) is 0 Å². The van der Waals surface area contributed by atoms with Gasteiger partial charge in [-0.3, -0.25) is 0 Å². The average molecular weight is 186 g/mol. The largest absolute Gasteiger partial charge is 0.376 e. The van der Waals surface area contributed by atoms with E-state index in [1.165, 1.54) is 25.7 Å². The van der Waals surface area contributed by atoms with E-state index in [1.807, 2.05) is 0 Å². The van der Waals surface area contributed by atoms with Gasteiger partial charge < -0.3 is 11.1 Å². The Morgan fingerprint density at radius 3 is 2.33 bits per heavy atom. The maximum absolute atomic E-state index is 5.41. The Morgan fingerprint density at radius 2 is 1.92 bits per heavy atom. The Balaban J connectivity index is 2.31.